The maximum atomic E-state index is 5.15. The average Bonchev–Trinajstić information content (AvgIpc) is 2.84. The highest BCUT2D eigenvalue weighted by molar-refractivity contribution is 5.35. The molecule has 0 spiro atoms. The lowest BCUT2D eigenvalue weighted by molar-refractivity contribution is 0.396. The maximum absolute atomic E-state index is 5.15. The third-order valence-electron chi connectivity index (χ3n) is 3.22. The van der Waals surface area contributed by atoms with Gasteiger partial charge in [-0.15, -0.1) is 0 Å². The molecule has 100 valence electrons. The van der Waals surface area contributed by atoms with Crippen molar-refractivity contribution in [1.29, 1.82) is 0 Å². The van der Waals surface area contributed by atoms with Crippen LogP contribution < -0.4 is 15.0 Å². The van der Waals surface area contributed by atoms with Crippen LogP contribution in [0.3, 0.4) is 0 Å². The molecule has 0 amide bonds. The number of nitrogens with one attached hydrogen (secondary N) is 1. The molecule has 1 aliphatic heterocycles. The van der Waals surface area contributed by atoms with Crippen molar-refractivity contribution in [3.8, 4) is 5.88 Å². The zero-order valence-electron chi connectivity index (χ0n) is 11.4. The summed E-state index contributed by atoms with van der Waals surface area (Å²) in [6, 6.07) is 2.78. The molecular formula is C13H22N4O. The predicted molar refractivity (Wildman–Crippen MR) is 72.1 cm³/mol. The van der Waals surface area contributed by atoms with Gasteiger partial charge in [0, 0.05) is 37.4 Å². The first kappa shape index (κ1) is 13.1. The van der Waals surface area contributed by atoms with E-state index in [1.165, 1.54) is 12.8 Å². The summed E-state index contributed by atoms with van der Waals surface area (Å²) in [4.78, 5) is 11.0. The van der Waals surface area contributed by atoms with Crippen LogP contribution in [0.5, 0.6) is 5.88 Å². The van der Waals surface area contributed by atoms with E-state index in [1.807, 2.05) is 0 Å². The number of methoxy groups -OCH3 is 1. The van der Waals surface area contributed by atoms with Gasteiger partial charge in [0.1, 0.15) is 0 Å². The van der Waals surface area contributed by atoms with Crippen molar-refractivity contribution in [3.05, 3.63) is 12.3 Å². The van der Waals surface area contributed by atoms with Gasteiger partial charge in [-0.25, -0.2) is 4.98 Å². The SMILES string of the molecule is COc1ccnc(N2CCCC2CNC(C)C)n1. The van der Waals surface area contributed by atoms with Gasteiger partial charge >= 0.3 is 0 Å². The minimum Gasteiger partial charge on any atom is -0.481 e. The van der Waals surface area contributed by atoms with E-state index in [-0.39, 0.29) is 0 Å². The molecule has 1 atom stereocenters. The molecule has 0 aromatic carbocycles. The number of aromatic nitrogens is 2. The number of hydrogen-bond donors (Lipinski definition) is 1. The molecule has 0 bridgehead atoms. The Morgan fingerprint density at radius 2 is 2.39 bits per heavy atom. The fourth-order valence-electron chi connectivity index (χ4n) is 2.27. The molecule has 5 heteroatoms. The first-order valence-electron chi connectivity index (χ1n) is 6.57. The van der Waals surface area contributed by atoms with Crippen molar-refractivity contribution in [2.75, 3.05) is 25.1 Å². The van der Waals surface area contributed by atoms with E-state index in [9.17, 15) is 0 Å². The lowest BCUT2D eigenvalue weighted by Gasteiger charge is -2.25. The standard InChI is InChI=1S/C13H22N4O/c1-10(2)15-9-11-5-4-8-17(11)13-14-7-6-12(16-13)18-3/h6-7,10-11,15H,4-5,8-9H2,1-3H3. The first-order chi connectivity index (χ1) is 8.70. The van der Waals surface area contributed by atoms with E-state index in [0.29, 0.717) is 18.0 Å². The minimum absolute atomic E-state index is 0.486. The average molecular weight is 250 g/mol. The van der Waals surface area contributed by atoms with Crippen LogP contribution in [0, 0.1) is 0 Å². The number of nitrogens with zero attached hydrogens (tertiary/aromatic N) is 3. The largest absolute Gasteiger partial charge is 0.481 e. The van der Waals surface area contributed by atoms with Crippen LogP contribution in [-0.4, -0.2) is 42.3 Å². The summed E-state index contributed by atoms with van der Waals surface area (Å²) in [6.07, 6.45) is 4.15. The molecule has 1 saturated heterocycles. The molecular weight excluding hydrogens is 228 g/mol. The summed E-state index contributed by atoms with van der Waals surface area (Å²) in [5.74, 6) is 1.41. The number of hydrogen-bond acceptors (Lipinski definition) is 5. The van der Waals surface area contributed by atoms with Crippen LogP contribution in [0.15, 0.2) is 12.3 Å². The van der Waals surface area contributed by atoms with E-state index in [1.54, 1.807) is 19.4 Å². The zero-order valence-corrected chi connectivity index (χ0v) is 11.4. The quantitative estimate of drug-likeness (QED) is 0.857. The molecule has 0 saturated carbocycles. The normalized spacial score (nSPS) is 19.6. The molecule has 0 aliphatic carbocycles. The van der Waals surface area contributed by atoms with Crippen molar-refractivity contribution >= 4 is 5.95 Å². The monoisotopic (exact) mass is 250 g/mol. The summed E-state index contributed by atoms with van der Waals surface area (Å²) in [6.45, 7) is 6.35. The number of rotatable bonds is 5. The smallest absolute Gasteiger partial charge is 0.228 e. The lowest BCUT2D eigenvalue weighted by atomic mass is 10.2. The third-order valence-corrected chi connectivity index (χ3v) is 3.22. The van der Waals surface area contributed by atoms with Gasteiger partial charge < -0.3 is 15.0 Å². The van der Waals surface area contributed by atoms with Crippen molar-refractivity contribution in [3.63, 3.8) is 0 Å². The highest BCUT2D eigenvalue weighted by Crippen LogP contribution is 2.23. The van der Waals surface area contributed by atoms with Crippen LogP contribution in [-0.2, 0) is 0 Å². The molecule has 0 radical (unpaired) electrons. The number of ether oxygens (including phenoxy) is 1. The van der Waals surface area contributed by atoms with Crippen molar-refractivity contribution < 1.29 is 4.74 Å². The molecule has 2 rings (SSSR count). The fraction of sp³-hybridized carbons (Fsp3) is 0.692. The zero-order chi connectivity index (χ0) is 13.0. The van der Waals surface area contributed by atoms with Gasteiger partial charge in [0.05, 0.1) is 7.11 Å². The van der Waals surface area contributed by atoms with Crippen LogP contribution in [0.1, 0.15) is 26.7 Å². The molecule has 2 heterocycles. The minimum atomic E-state index is 0.486. The van der Waals surface area contributed by atoms with Gasteiger partial charge in [0.25, 0.3) is 0 Å². The Kier molecular flexibility index (Phi) is 4.36. The van der Waals surface area contributed by atoms with Gasteiger partial charge in [0.2, 0.25) is 11.8 Å². The van der Waals surface area contributed by atoms with E-state index in [4.69, 9.17) is 4.74 Å². The Balaban J connectivity index is 2.05. The van der Waals surface area contributed by atoms with Gasteiger partial charge in [0.15, 0.2) is 0 Å². The van der Waals surface area contributed by atoms with Crippen LogP contribution in [0.25, 0.3) is 0 Å². The van der Waals surface area contributed by atoms with E-state index in [0.717, 1.165) is 19.0 Å². The summed E-state index contributed by atoms with van der Waals surface area (Å²) < 4.78 is 5.15. The fourth-order valence-corrected chi connectivity index (χ4v) is 2.27. The van der Waals surface area contributed by atoms with Crippen molar-refractivity contribution in [2.45, 2.75) is 38.8 Å². The molecule has 5 nitrogen and oxygen atoms in total. The van der Waals surface area contributed by atoms with Crippen LogP contribution >= 0.6 is 0 Å². The molecule has 18 heavy (non-hydrogen) atoms. The summed E-state index contributed by atoms with van der Waals surface area (Å²) >= 11 is 0. The lowest BCUT2D eigenvalue weighted by Crippen LogP contribution is -2.41. The van der Waals surface area contributed by atoms with Gasteiger partial charge in [-0.1, -0.05) is 13.8 Å². The van der Waals surface area contributed by atoms with E-state index >= 15 is 0 Å². The Morgan fingerprint density at radius 3 is 3.11 bits per heavy atom. The maximum Gasteiger partial charge on any atom is 0.228 e. The second-order valence-corrected chi connectivity index (χ2v) is 4.95. The van der Waals surface area contributed by atoms with Crippen molar-refractivity contribution in [1.82, 2.24) is 15.3 Å². The Hall–Kier alpha value is -1.36. The van der Waals surface area contributed by atoms with Gasteiger partial charge in [-0.05, 0) is 12.8 Å². The molecule has 1 N–H and O–H groups in total. The molecule has 1 unspecified atom stereocenters. The Morgan fingerprint density at radius 1 is 1.56 bits per heavy atom. The summed E-state index contributed by atoms with van der Waals surface area (Å²) in [7, 11) is 1.63. The second kappa shape index (κ2) is 6.00. The summed E-state index contributed by atoms with van der Waals surface area (Å²) in [5.41, 5.74) is 0. The van der Waals surface area contributed by atoms with Crippen LogP contribution in [0.2, 0.25) is 0 Å². The molecule has 1 aromatic rings. The topological polar surface area (TPSA) is 50.3 Å². The number of anilines is 1. The third kappa shape index (κ3) is 3.10. The van der Waals surface area contributed by atoms with Crippen LogP contribution in [0.4, 0.5) is 5.95 Å². The second-order valence-electron chi connectivity index (χ2n) is 4.95. The first-order valence-corrected chi connectivity index (χ1v) is 6.57. The molecule has 1 fully saturated rings. The van der Waals surface area contributed by atoms with Gasteiger partial charge in [-0.2, -0.15) is 4.98 Å². The van der Waals surface area contributed by atoms with Gasteiger partial charge in [-0.3, -0.25) is 0 Å². The van der Waals surface area contributed by atoms with E-state index < -0.39 is 0 Å². The molecule has 1 aromatic heterocycles. The van der Waals surface area contributed by atoms with Crippen molar-refractivity contribution in [2.24, 2.45) is 0 Å². The Labute approximate surface area is 109 Å². The predicted octanol–water partition coefficient (Wildman–Crippen LogP) is 1.45. The Bertz CT molecular complexity index is 383. The highest BCUT2D eigenvalue weighted by atomic mass is 16.5. The highest BCUT2D eigenvalue weighted by Gasteiger charge is 2.26. The summed E-state index contributed by atoms with van der Waals surface area (Å²) in [5, 5.41) is 3.49. The van der Waals surface area contributed by atoms with E-state index in [2.05, 4.69) is 34.0 Å². The molecule has 1 aliphatic rings.